The number of nitrogens with zero attached hydrogens (tertiary/aromatic N) is 1. The van der Waals surface area contributed by atoms with Gasteiger partial charge in [-0.2, -0.15) is 0 Å². The third-order valence-electron chi connectivity index (χ3n) is 6.91. The van der Waals surface area contributed by atoms with Crippen molar-refractivity contribution in [2.45, 2.75) is 90.9 Å². The molecule has 2 nitrogen and oxygen atoms in total. The molecular formula is C33H46N2. The van der Waals surface area contributed by atoms with Crippen molar-refractivity contribution in [2.24, 2.45) is 5.73 Å². The SMILES string of the molecule is CCCCCCc1ccc(N(c2ccc(CCCCCC)cc2)c2ccccc2CCCN)cc1. The molecule has 0 spiro atoms. The summed E-state index contributed by atoms with van der Waals surface area (Å²) in [6.07, 6.45) is 14.8. The molecule has 0 fully saturated rings. The zero-order valence-electron chi connectivity index (χ0n) is 22.1. The molecule has 0 aliphatic rings. The Hall–Kier alpha value is -2.58. The van der Waals surface area contributed by atoms with E-state index in [0.29, 0.717) is 6.54 Å². The van der Waals surface area contributed by atoms with E-state index in [4.69, 9.17) is 5.73 Å². The third-order valence-corrected chi connectivity index (χ3v) is 6.91. The normalized spacial score (nSPS) is 11.1. The van der Waals surface area contributed by atoms with Crippen molar-refractivity contribution in [3.8, 4) is 0 Å². The highest BCUT2D eigenvalue weighted by Gasteiger charge is 2.16. The fourth-order valence-electron chi connectivity index (χ4n) is 4.80. The first-order valence-corrected chi connectivity index (χ1v) is 14.0. The number of aryl methyl sites for hydroxylation is 3. The topological polar surface area (TPSA) is 29.3 Å². The maximum atomic E-state index is 5.86. The Kier molecular flexibility index (Phi) is 11.9. The van der Waals surface area contributed by atoms with Gasteiger partial charge >= 0.3 is 0 Å². The van der Waals surface area contributed by atoms with E-state index >= 15 is 0 Å². The van der Waals surface area contributed by atoms with E-state index in [1.165, 1.54) is 98.0 Å². The second kappa shape index (κ2) is 15.4. The van der Waals surface area contributed by atoms with Gasteiger partial charge < -0.3 is 10.6 Å². The van der Waals surface area contributed by atoms with Crippen LogP contribution in [-0.2, 0) is 19.3 Å². The number of unbranched alkanes of at least 4 members (excludes halogenated alkanes) is 6. The summed E-state index contributed by atoms with van der Waals surface area (Å²) in [5.41, 5.74) is 13.8. The second-order valence-electron chi connectivity index (χ2n) is 9.81. The van der Waals surface area contributed by atoms with Gasteiger partial charge in [0.2, 0.25) is 0 Å². The van der Waals surface area contributed by atoms with Crippen LogP contribution in [0.1, 0.15) is 88.3 Å². The molecule has 0 saturated carbocycles. The van der Waals surface area contributed by atoms with Gasteiger partial charge in [-0.1, -0.05) is 94.8 Å². The van der Waals surface area contributed by atoms with Crippen LogP contribution in [0.2, 0.25) is 0 Å². The van der Waals surface area contributed by atoms with Gasteiger partial charge in [0.25, 0.3) is 0 Å². The Morgan fingerprint density at radius 3 is 1.54 bits per heavy atom. The molecule has 0 amide bonds. The molecule has 3 aromatic carbocycles. The van der Waals surface area contributed by atoms with E-state index in [9.17, 15) is 0 Å². The Bertz CT molecular complexity index is 904. The van der Waals surface area contributed by atoms with Gasteiger partial charge in [0.1, 0.15) is 0 Å². The first kappa shape index (κ1) is 27.0. The minimum absolute atomic E-state index is 0.716. The highest BCUT2D eigenvalue weighted by molar-refractivity contribution is 5.78. The number of rotatable bonds is 16. The monoisotopic (exact) mass is 470 g/mol. The molecular weight excluding hydrogens is 424 g/mol. The maximum absolute atomic E-state index is 5.86. The Morgan fingerprint density at radius 1 is 0.543 bits per heavy atom. The number of hydrogen-bond donors (Lipinski definition) is 1. The molecule has 0 unspecified atom stereocenters. The molecule has 0 atom stereocenters. The van der Waals surface area contributed by atoms with Crippen LogP contribution >= 0.6 is 0 Å². The van der Waals surface area contributed by atoms with Crippen LogP contribution in [0.5, 0.6) is 0 Å². The predicted octanol–water partition coefficient (Wildman–Crippen LogP) is 9.29. The summed E-state index contributed by atoms with van der Waals surface area (Å²) in [4.78, 5) is 2.42. The molecule has 0 heterocycles. The largest absolute Gasteiger partial charge is 0.330 e. The molecule has 0 bridgehead atoms. The first-order chi connectivity index (χ1) is 17.3. The van der Waals surface area contributed by atoms with Gasteiger partial charge in [0, 0.05) is 17.1 Å². The average Bonchev–Trinajstić information content (AvgIpc) is 2.90. The van der Waals surface area contributed by atoms with Crippen LogP contribution in [0.3, 0.4) is 0 Å². The van der Waals surface area contributed by atoms with Crippen LogP contribution in [0.15, 0.2) is 72.8 Å². The van der Waals surface area contributed by atoms with Crippen molar-refractivity contribution >= 4 is 17.1 Å². The van der Waals surface area contributed by atoms with Crippen LogP contribution in [0.4, 0.5) is 17.1 Å². The standard InChI is InChI=1S/C33H46N2/c1-3-5-7-9-14-28-19-23-31(24-20-28)35(33-18-12-11-16-30(33)17-13-27-34)32-25-21-29(22-26-32)15-10-8-6-4-2/h11-12,16,18-26H,3-10,13-15,17,27,34H2,1-2H3. The van der Waals surface area contributed by atoms with Crippen LogP contribution in [-0.4, -0.2) is 6.54 Å². The van der Waals surface area contributed by atoms with Gasteiger partial charge in [0.15, 0.2) is 0 Å². The third kappa shape index (κ3) is 8.54. The van der Waals surface area contributed by atoms with Gasteiger partial charge in [-0.15, -0.1) is 0 Å². The van der Waals surface area contributed by atoms with Crippen molar-refractivity contribution in [3.63, 3.8) is 0 Å². The van der Waals surface area contributed by atoms with Crippen LogP contribution in [0, 0.1) is 0 Å². The molecule has 188 valence electrons. The van der Waals surface area contributed by atoms with Crippen molar-refractivity contribution in [2.75, 3.05) is 11.4 Å². The molecule has 35 heavy (non-hydrogen) atoms. The number of para-hydroxylation sites is 1. The lowest BCUT2D eigenvalue weighted by Gasteiger charge is -2.28. The molecule has 0 saturated heterocycles. The van der Waals surface area contributed by atoms with E-state index in [1.54, 1.807) is 0 Å². The number of nitrogens with two attached hydrogens (primary N) is 1. The fraction of sp³-hybridized carbons (Fsp3) is 0.455. The zero-order valence-corrected chi connectivity index (χ0v) is 22.1. The van der Waals surface area contributed by atoms with E-state index in [1.807, 2.05) is 0 Å². The number of benzene rings is 3. The summed E-state index contributed by atoms with van der Waals surface area (Å²) in [7, 11) is 0. The van der Waals surface area contributed by atoms with Crippen LogP contribution in [0.25, 0.3) is 0 Å². The van der Waals surface area contributed by atoms with Crippen LogP contribution < -0.4 is 10.6 Å². The lowest BCUT2D eigenvalue weighted by molar-refractivity contribution is 0.667. The Balaban J connectivity index is 1.86. The van der Waals surface area contributed by atoms with Gasteiger partial charge in [-0.05, 0) is 92.1 Å². The maximum Gasteiger partial charge on any atom is 0.0493 e. The summed E-state index contributed by atoms with van der Waals surface area (Å²) in [6.45, 7) is 5.26. The lowest BCUT2D eigenvalue weighted by Crippen LogP contribution is -2.13. The molecule has 3 aromatic rings. The summed E-state index contributed by atoms with van der Waals surface area (Å²) in [5, 5.41) is 0. The quantitative estimate of drug-likeness (QED) is 0.211. The Labute approximate surface area is 214 Å². The number of anilines is 3. The van der Waals surface area contributed by atoms with Crippen molar-refractivity contribution in [3.05, 3.63) is 89.5 Å². The van der Waals surface area contributed by atoms with Crippen molar-refractivity contribution in [1.82, 2.24) is 0 Å². The van der Waals surface area contributed by atoms with Crippen molar-refractivity contribution in [1.29, 1.82) is 0 Å². The minimum atomic E-state index is 0.716. The molecule has 3 rings (SSSR count). The highest BCUT2D eigenvalue weighted by atomic mass is 15.1. The first-order valence-electron chi connectivity index (χ1n) is 14.0. The summed E-state index contributed by atoms with van der Waals surface area (Å²) >= 11 is 0. The molecule has 0 aliphatic carbocycles. The number of hydrogen-bond acceptors (Lipinski definition) is 2. The van der Waals surface area contributed by atoms with E-state index < -0.39 is 0 Å². The molecule has 0 aromatic heterocycles. The zero-order chi connectivity index (χ0) is 24.7. The van der Waals surface area contributed by atoms with E-state index in [0.717, 1.165) is 12.8 Å². The minimum Gasteiger partial charge on any atom is -0.330 e. The molecule has 2 heteroatoms. The van der Waals surface area contributed by atoms with E-state index in [2.05, 4.69) is 91.5 Å². The summed E-state index contributed by atoms with van der Waals surface area (Å²) in [6, 6.07) is 27.3. The molecule has 0 radical (unpaired) electrons. The van der Waals surface area contributed by atoms with Gasteiger partial charge in [0.05, 0.1) is 0 Å². The molecule has 2 N–H and O–H groups in total. The van der Waals surface area contributed by atoms with Gasteiger partial charge in [-0.3, -0.25) is 0 Å². The summed E-state index contributed by atoms with van der Waals surface area (Å²) < 4.78 is 0. The second-order valence-corrected chi connectivity index (χ2v) is 9.81. The molecule has 0 aliphatic heterocycles. The smallest absolute Gasteiger partial charge is 0.0493 e. The van der Waals surface area contributed by atoms with Crippen molar-refractivity contribution < 1.29 is 0 Å². The highest BCUT2D eigenvalue weighted by Crippen LogP contribution is 2.37. The Morgan fingerprint density at radius 2 is 1.06 bits per heavy atom. The summed E-state index contributed by atoms with van der Waals surface area (Å²) in [5.74, 6) is 0. The van der Waals surface area contributed by atoms with Gasteiger partial charge in [-0.25, -0.2) is 0 Å². The fourth-order valence-corrected chi connectivity index (χ4v) is 4.80. The van der Waals surface area contributed by atoms with E-state index in [-0.39, 0.29) is 0 Å². The lowest BCUT2D eigenvalue weighted by atomic mass is 10.0. The predicted molar refractivity (Wildman–Crippen MR) is 154 cm³/mol. The average molecular weight is 471 g/mol.